The van der Waals surface area contributed by atoms with Crippen LogP contribution in [-0.4, -0.2) is 40.5 Å². The molecule has 0 radical (unpaired) electrons. The number of carboxylic acids is 1. The van der Waals surface area contributed by atoms with Crippen LogP contribution < -0.4 is 0 Å². The van der Waals surface area contributed by atoms with Crippen LogP contribution in [-0.2, 0) is 20.6 Å². The van der Waals surface area contributed by atoms with Gasteiger partial charge in [-0.3, -0.25) is 4.21 Å². The molecular weight excluding hydrogens is 268 g/mol. The van der Waals surface area contributed by atoms with Gasteiger partial charge in [0.1, 0.15) is 0 Å². The van der Waals surface area contributed by atoms with E-state index >= 15 is 0 Å². The lowest BCUT2D eigenvalue weighted by molar-refractivity contribution is 0.0656. The molecule has 1 aliphatic heterocycles. The molecule has 1 aromatic rings. The van der Waals surface area contributed by atoms with Gasteiger partial charge in [0.15, 0.2) is 14.9 Å². The molecule has 2 heterocycles. The Kier molecular flexibility index (Phi) is 3.09. The number of rotatable bonds is 3. The fourth-order valence-corrected chi connectivity index (χ4v) is 5.48. The number of aromatic carboxylic acids is 1. The molecule has 8 heteroatoms. The van der Waals surface area contributed by atoms with Gasteiger partial charge in [-0.25, -0.2) is 13.2 Å². The average Bonchev–Trinajstić information content (AvgIpc) is 2.83. The summed E-state index contributed by atoms with van der Waals surface area (Å²) >= 11 is 0. The van der Waals surface area contributed by atoms with Crippen LogP contribution >= 0.6 is 0 Å². The minimum atomic E-state index is -3.11. The summed E-state index contributed by atoms with van der Waals surface area (Å²) in [5, 5.41) is 8.15. The van der Waals surface area contributed by atoms with Crippen molar-refractivity contribution in [2.75, 3.05) is 11.5 Å². The van der Waals surface area contributed by atoms with E-state index in [2.05, 4.69) is 0 Å². The van der Waals surface area contributed by atoms with Crippen LogP contribution in [0.15, 0.2) is 21.6 Å². The van der Waals surface area contributed by atoms with E-state index in [0.29, 0.717) is 6.42 Å². The fourth-order valence-electron chi connectivity index (χ4n) is 1.64. The maximum atomic E-state index is 11.9. The summed E-state index contributed by atoms with van der Waals surface area (Å²) in [6.45, 7) is 0. The molecule has 94 valence electrons. The van der Waals surface area contributed by atoms with Crippen molar-refractivity contribution in [3.8, 4) is 0 Å². The Balaban J connectivity index is 2.18. The Labute approximate surface area is 100 Å². The SMILES string of the molecule is O=C(O)c1ccc(S(=O)C2CCS(=O)(=O)C2)o1. The molecule has 1 aromatic heterocycles. The van der Waals surface area contributed by atoms with Gasteiger partial charge in [0.2, 0.25) is 5.76 Å². The summed E-state index contributed by atoms with van der Waals surface area (Å²) in [7, 11) is -4.72. The molecule has 1 saturated heterocycles. The number of furan rings is 1. The van der Waals surface area contributed by atoms with E-state index in [0.717, 1.165) is 0 Å². The maximum absolute atomic E-state index is 11.9. The molecule has 2 unspecified atom stereocenters. The summed E-state index contributed by atoms with van der Waals surface area (Å²) in [5.41, 5.74) is 0. The maximum Gasteiger partial charge on any atom is 0.371 e. The van der Waals surface area contributed by atoms with E-state index in [1.807, 2.05) is 0 Å². The molecule has 0 amide bonds. The van der Waals surface area contributed by atoms with Crippen LogP contribution in [0.25, 0.3) is 0 Å². The molecule has 1 N–H and O–H groups in total. The standard InChI is InChI=1S/C9H10O6S2/c10-9(11)7-1-2-8(15-7)16(12)6-3-4-17(13,14)5-6/h1-2,6H,3-5H2,(H,10,11). The number of sulfone groups is 1. The first-order valence-corrected chi connectivity index (χ1v) is 7.86. The van der Waals surface area contributed by atoms with Gasteiger partial charge in [0.05, 0.1) is 27.6 Å². The van der Waals surface area contributed by atoms with Gasteiger partial charge in [-0.15, -0.1) is 0 Å². The first-order chi connectivity index (χ1) is 7.89. The topological polar surface area (TPSA) is 102 Å². The fraction of sp³-hybridized carbons (Fsp3) is 0.444. The smallest absolute Gasteiger partial charge is 0.371 e. The highest BCUT2D eigenvalue weighted by Crippen LogP contribution is 2.23. The quantitative estimate of drug-likeness (QED) is 0.851. The van der Waals surface area contributed by atoms with Crippen molar-refractivity contribution in [1.29, 1.82) is 0 Å². The highest BCUT2D eigenvalue weighted by molar-refractivity contribution is 7.94. The third kappa shape index (κ3) is 2.58. The van der Waals surface area contributed by atoms with E-state index in [-0.39, 0.29) is 22.4 Å². The largest absolute Gasteiger partial charge is 0.475 e. The molecule has 1 aliphatic rings. The minimum absolute atomic E-state index is 0.0181. The predicted molar refractivity (Wildman–Crippen MR) is 59.1 cm³/mol. The van der Waals surface area contributed by atoms with E-state index in [1.165, 1.54) is 12.1 Å². The second kappa shape index (κ2) is 4.26. The summed E-state index contributed by atoms with van der Waals surface area (Å²) in [6.07, 6.45) is 0.318. The first-order valence-electron chi connectivity index (χ1n) is 4.83. The van der Waals surface area contributed by atoms with Crippen molar-refractivity contribution in [2.45, 2.75) is 16.8 Å². The Bertz CT molecular complexity index is 570. The molecule has 17 heavy (non-hydrogen) atoms. The van der Waals surface area contributed by atoms with Gasteiger partial charge in [-0.1, -0.05) is 0 Å². The molecule has 0 saturated carbocycles. The van der Waals surface area contributed by atoms with Crippen molar-refractivity contribution >= 4 is 26.6 Å². The van der Waals surface area contributed by atoms with Gasteiger partial charge in [0, 0.05) is 0 Å². The number of carbonyl (C=O) groups is 1. The van der Waals surface area contributed by atoms with Crippen LogP contribution in [0.2, 0.25) is 0 Å². The van der Waals surface area contributed by atoms with Gasteiger partial charge in [-0.2, -0.15) is 0 Å². The highest BCUT2D eigenvalue weighted by atomic mass is 32.2. The molecule has 6 nitrogen and oxygen atoms in total. The second-order valence-corrected chi connectivity index (χ2v) is 7.64. The monoisotopic (exact) mass is 278 g/mol. The van der Waals surface area contributed by atoms with Gasteiger partial charge < -0.3 is 9.52 Å². The predicted octanol–water partition coefficient (Wildman–Crippen LogP) is 0.272. The summed E-state index contributed by atoms with van der Waals surface area (Å²) in [6, 6.07) is 2.52. The van der Waals surface area contributed by atoms with Crippen molar-refractivity contribution in [3.05, 3.63) is 17.9 Å². The molecule has 2 atom stereocenters. The third-order valence-electron chi connectivity index (χ3n) is 2.48. The van der Waals surface area contributed by atoms with Crippen LogP contribution in [0.4, 0.5) is 0 Å². The number of carboxylic acid groups (broad SMARTS) is 1. The van der Waals surface area contributed by atoms with E-state index in [4.69, 9.17) is 9.52 Å². The zero-order chi connectivity index (χ0) is 12.6. The normalized spacial score (nSPS) is 24.6. The molecule has 0 aromatic carbocycles. The number of hydrogen-bond donors (Lipinski definition) is 1. The van der Waals surface area contributed by atoms with Crippen LogP contribution in [0.3, 0.4) is 0 Å². The molecular formula is C9H10O6S2. The zero-order valence-corrected chi connectivity index (χ0v) is 10.3. The van der Waals surface area contributed by atoms with Crippen molar-refractivity contribution in [2.24, 2.45) is 0 Å². The minimum Gasteiger partial charge on any atom is -0.475 e. The van der Waals surface area contributed by atoms with Crippen LogP contribution in [0.5, 0.6) is 0 Å². The van der Waals surface area contributed by atoms with Gasteiger partial charge in [0.25, 0.3) is 0 Å². The highest BCUT2D eigenvalue weighted by Gasteiger charge is 2.34. The molecule has 0 spiro atoms. The summed E-state index contributed by atoms with van der Waals surface area (Å²) < 4.78 is 39.3. The Morgan fingerprint density at radius 2 is 2.18 bits per heavy atom. The Morgan fingerprint density at radius 3 is 2.65 bits per heavy atom. The Morgan fingerprint density at radius 1 is 1.47 bits per heavy atom. The second-order valence-electron chi connectivity index (χ2n) is 3.75. The van der Waals surface area contributed by atoms with E-state index in [9.17, 15) is 17.4 Å². The molecule has 0 bridgehead atoms. The Hall–Kier alpha value is -1.15. The van der Waals surface area contributed by atoms with Crippen LogP contribution in [0, 0.1) is 0 Å². The van der Waals surface area contributed by atoms with Crippen molar-refractivity contribution in [3.63, 3.8) is 0 Å². The van der Waals surface area contributed by atoms with Crippen LogP contribution in [0.1, 0.15) is 17.0 Å². The zero-order valence-electron chi connectivity index (χ0n) is 8.66. The third-order valence-corrected chi connectivity index (χ3v) is 6.09. The van der Waals surface area contributed by atoms with Gasteiger partial charge in [-0.05, 0) is 18.6 Å². The lowest BCUT2D eigenvalue weighted by Gasteiger charge is -2.03. The van der Waals surface area contributed by atoms with Gasteiger partial charge >= 0.3 is 5.97 Å². The summed E-state index contributed by atoms with van der Waals surface area (Å²) in [4.78, 5) is 10.6. The average molecular weight is 278 g/mol. The van der Waals surface area contributed by atoms with Crippen molar-refractivity contribution < 1.29 is 26.9 Å². The van der Waals surface area contributed by atoms with E-state index in [1.54, 1.807) is 0 Å². The summed E-state index contributed by atoms with van der Waals surface area (Å²) in [5.74, 6) is -1.65. The molecule has 2 rings (SSSR count). The molecule has 1 fully saturated rings. The lowest BCUT2D eigenvalue weighted by Crippen LogP contribution is -2.16. The van der Waals surface area contributed by atoms with Crippen molar-refractivity contribution in [1.82, 2.24) is 0 Å². The van der Waals surface area contributed by atoms with E-state index < -0.39 is 31.9 Å². The first kappa shape index (κ1) is 12.3. The molecule has 0 aliphatic carbocycles. The lowest BCUT2D eigenvalue weighted by atomic mass is 10.4. The number of hydrogen-bond acceptors (Lipinski definition) is 5.